The molecule has 1 fully saturated rings. The molecular weight excluding hydrogens is 266 g/mol. The fourth-order valence-electron chi connectivity index (χ4n) is 2.34. The molecule has 21 heavy (non-hydrogen) atoms. The van der Waals surface area contributed by atoms with Gasteiger partial charge in [0.1, 0.15) is 0 Å². The van der Waals surface area contributed by atoms with Crippen molar-refractivity contribution < 1.29 is 4.79 Å². The zero-order valence-corrected chi connectivity index (χ0v) is 12.2. The SMILES string of the molecule is CC(N)C(=O)NC1(c2ccc(-c3cnn(C)c3)cn2)CC1. The Morgan fingerprint density at radius 1 is 1.38 bits per heavy atom. The van der Waals surface area contributed by atoms with Crippen LogP contribution in [0.5, 0.6) is 0 Å². The summed E-state index contributed by atoms with van der Waals surface area (Å²) in [5, 5.41) is 7.16. The molecule has 110 valence electrons. The topological polar surface area (TPSA) is 85.8 Å². The molecule has 0 bridgehead atoms. The van der Waals surface area contributed by atoms with E-state index in [4.69, 9.17) is 5.73 Å². The number of pyridine rings is 1. The number of amides is 1. The van der Waals surface area contributed by atoms with Crippen LogP contribution in [0.25, 0.3) is 11.1 Å². The van der Waals surface area contributed by atoms with E-state index in [1.807, 2.05) is 37.8 Å². The number of nitrogens with two attached hydrogens (primary N) is 1. The number of aryl methyl sites for hydroxylation is 1. The standard InChI is InChI=1S/C15H19N5O/c1-10(16)14(21)19-15(5-6-15)13-4-3-11(7-17-13)12-8-18-20(2)9-12/h3-4,7-10H,5-6,16H2,1-2H3,(H,19,21). The summed E-state index contributed by atoms with van der Waals surface area (Å²) in [4.78, 5) is 16.3. The number of rotatable bonds is 4. The molecule has 3 rings (SSSR count). The lowest BCUT2D eigenvalue weighted by molar-refractivity contribution is -0.123. The van der Waals surface area contributed by atoms with Gasteiger partial charge in [-0.15, -0.1) is 0 Å². The van der Waals surface area contributed by atoms with Crippen LogP contribution in [-0.4, -0.2) is 26.7 Å². The summed E-state index contributed by atoms with van der Waals surface area (Å²) in [5.41, 5.74) is 8.22. The third kappa shape index (κ3) is 2.67. The van der Waals surface area contributed by atoms with Crippen LogP contribution in [-0.2, 0) is 17.4 Å². The molecule has 1 unspecified atom stereocenters. The van der Waals surface area contributed by atoms with Gasteiger partial charge >= 0.3 is 0 Å². The second kappa shape index (κ2) is 4.96. The molecule has 0 aromatic carbocycles. The van der Waals surface area contributed by atoms with E-state index in [1.165, 1.54) is 0 Å². The van der Waals surface area contributed by atoms with Gasteiger partial charge in [-0.2, -0.15) is 5.10 Å². The van der Waals surface area contributed by atoms with Crippen LogP contribution in [0, 0.1) is 0 Å². The van der Waals surface area contributed by atoms with E-state index in [-0.39, 0.29) is 11.4 Å². The number of nitrogens with zero attached hydrogens (tertiary/aromatic N) is 3. The quantitative estimate of drug-likeness (QED) is 0.875. The van der Waals surface area contributed by atoms with Gasteiger partial charge < -0.3 is 11.1 Å². The lowest BCUT2D eigenvalue weighted by Crippen LogP contribution is -2.44. The van der Waals surface area contributed by atoms with Crippen LogP contribution < -0.4 is 11.1 Å². The van der Waals surface area contributed by atoms with E-state index in [9.17, 15) is 4.79 Å². The Kier molecular flexibility index (Phi) is 3.25. The third-order valence-corrected chi connectivity index (χ3v) is 3.82. The van der Waals surface area contributed by atoms with Crippen molar-refractivity contribution in [2.24, 2.45) is 12.8 Å². The van der Waals surface area contributed by atoms with Gasteiger partial charge in [-0.05, 0) is 25.8 Å². The molecule has 2 aromatic heterocycles. The van der Waals surface area contributed by atoms with Crippen molar-refractivity contribution >= 4 is 5.91 Å². The fraction of sp³-hybridized carbons (Fsp3) is 0.400. The molecule has 2 aromatic rings. The largest absolute Gasteiger partial charge is 0.344 e. The molecule has 0 saturated heterocycles. The minimum absolute atomic E-state index is 0.134. The van der Waals surface area contributed by atoms with Crippen molar-refractivity contribution in [3.8, 4) is 11.1 Å². The first-order valence-corrected chi connectivity index (χ1v) is 7.03. The maximum absolute atomic E-state index is 11.8. The van der Waals surface area contributed by atoms with Gasteiger partial charge in [0, 0.05) is 30.6 Å². The number of hydrogen-bond donors (Lipinski definition) is 2. The first kappa shape index (κ1) is 13.8. The lowest BCUT2D eigenvalue weighted by atomic mass is 10.1. The van der Waals surface area contributed by atoms with Crippen LogP contribution >= 0.6 is 0 Å². The predicted molar refractivity (Wildman–Crippen MR) is 79.1 cm³/mol. The van der Waals surface area contributed by atoms with Gasteiger partial charge in [-0.1, -0.05) is 6.07 Å². The molecule has 0 aliphatic heterocycles. The maximum atomic E-state index is 11.8. The fourth-order valence-corrected chi connectivity index (χ4v) is 2.34. The highest BCUT2D eigenvalue weighted by Crippen LogP contribution is 2.44. The Hall–Kier alpha value is -2.21. The van der Waals surface area contributed by atoms with E-state index < -0.39 is 6.04 Å². The highest BCUT2D eigenvalue weighted by Gasteiger charge is 2.47. The van der Waals surface area contributed by atoms with Gasteiger partial charge in [-0.25, -0.2) is 0 Å². The van der Waals surface area contributed by atoms with Crippen molar-refractivity contribution in [3.63, 3.8) is 0 Å². The average Bonchev–Trinajstić information content (AvgIpc) is 3.12. The molecule has 1 saturated carbocycles. The van der Waals surface area contributed by atoms with Crippen molar-refractivity contribution in [2.75, 3.05) is 0 Å². The summed E-state index contributed by atoms with van der Waals surface area (Å²) in [6.07, 6.45) is 7.39. The van der Waals surface area contributed by atoms with Crippen molar-refractivity contribution in [1.29, 1.82) is 0 Å². The van der Waals surface area contributed by atoms with E-state index in [1.54, 1.807) is 11.6 Å². The minimum Gasteiger partial charge on any atom is -0.344 e. The van der Waals surface area contributed by atoms with Gasteiger partial charge in [0.05, 0.1) is 23.5 Å². The molecule has 0 radical (unpaired) electrons. The van der Waals surface area contributed by atoms with Crippen molar-refractivity contribution in [2.45, 2.75) is 31.3 Å². The van der Waals surface area contributed by atoms with E-state index >= 15 is 0 Å². The first-order valence-electron chi connectivity index (χ1n) is 7.03. The normalized spacial score (nSPS) is 17.3. The summed E-state index contributed by atoms with van der Waals surface area (Å²) in [7, 11) is 1.88. The van der Waals surface area contributed by atoms with Crippen molar-refractivity contribution in [1.82, 2.24) is 20.1 Å². The van der Waals surface area contributed by atoms with Crippen LogP contribution in [0.2, 0.25) is 0 Å². The Balaban J connectivity index is 1.80. The van der Waals surface area contributed by atoms with Gasteiger partial charge in [-0.3, -0.25) is 14.5 Å². The zero-order chi connectivity index (χ0) is 15.0. The van der Waals surface area contributed by atoms with Crippen LogP contribution in [0.15, 0.2) is 30.7 Å². The molecule has 1 aliphatic carbocycles. The molecule has 6 nitrogen and oxygen atoms in total. The molecule has 2 heterocycles. The molecule has 6 heteroatoms. The Morgan fingerprint density at radius 3 is 2.62 bits per heavy atom. The molecule has 1 atom stereocenters. The third-order valence-electron chi connectivity index (χ3n) is 3.82. The average molecular weight is 285 g/mol. The second-order valence-corrected chi connectivity index (χ2v) is 5.69. The monoisotopic (exact) mass is 285 g/mol. The maximum Gasteiger partial charge on any atom is 0.237 e. The van der Waals surface area contributed by atoms with Crippen LogP contribution in [0.1, 0.15) is 25.5 Å². The van der Waals surface area contributed by atoms with Crippen LogP contribution in [0.4, 0.5) is 0 Å². The summed E-state index contributed by atoms with van der Waals surface area (Å²) in [5.74, 6) is -0.134. The number of carbonyl (C=O) groups excluding carboxylic acids is 1. The predicted octanol–water partition coefficient (Wildman–Crippen LogP) is 0.935. The summed E-state index contributed by atoms with van der Waals surface area (Å²) in [6, 6.07) is 3.48. The summed E-state index contributed by atoms with van der Waals surface area (Å²) >= 11 is 0. The van der Waals surface area contributed by atoms with E-state index in [0.717, 1.165) is 29.7 Å². The molecule has 1 aliphatic rings. The second-order valence-electron chi connectivity index (χ2n) is 5.69. The lowest BCUT2D eigenvalue weighted by Gasteiger charge is -2.18. The van der Waals surface area contributed by atoms with Gasteiger partial charge in [0.2, 0.25) is 5.91 Å². The summed E-state index contributed by atoms with van der Waals surface area (Å²) < 4.78 is 1.76. The van der Waals surface area contributed by atoms with Gasteiger partial charge in [0.25, 0.3) is 0 Å². The molecule has 3 N–H and O–H groups in total. The number of hydrogen-bond acceptors (Lipinski definition) is 4. The van der Waals surface area contributed by atoms with Crippen molar-refractivity contribution in [3.05, 3.63) is 36.4 Å². The number of nitrogens with one attached hydrogen (secondary N) is 1. The van der Waals surface area contributed by atoms with E-state index in [0.29, 0.717) is 0 Å². The van der Waals surface area contributed by atoms with E-state index in [2.05, 4.69) is 15.4 Å². The Morgan fingerprint density at radius 2 is 2.14 bits per heavy atom. The Labute approximate surface area is 123 Å². The Bertz CT molecular complexity index is 655. The van der Waals surface area contributed by atoms with Crippen LogP contribution in [0.3, 0.4) is 0 Å². The molecular formula is C15H19N5O. The molecule has 1 amide bonds. The minimum atomic E-state index is -0.503. The zero-order valence-electron chi connectivity index (χ0n) is 12.2. The number of carbonyl (C=O) groups is 1. The van der Waals surface area contributed by atoms with Gasteiger partial charge in [0.15, 0.2) is 0 Å². The highest BCUT2D eigenvalue weighted by atomic mass is 16.2. The number of aromatic nitrogens is 3. The summed E-state index contributed by atoms with van der Waals surface area (Å²) in [6.45, 7) is 1.68. The highest BCUT2D eigenvalue weighted by molar-refractivity contribution is 5.82. The molecule has 0 spiro atoms. The smallest absolute Gasteiger partial charge is 0.237 e. The first-order chi connectivity index (χ1) is 10.00.